The molecule has 0 bridgehead atoms. The minimum Gasteiger partial charge on any atom is -0.378 e. The van der Waals surface area contributed by atoms with Gasteiger partial charge in [-0.2, -0.15) is 0 Å². The molecule has 3 heteroatoms. The van der Waals surface area contributed by atoms with Gasteiger partial charge in [0.1, 0.15) is 5.82 Å². The van der Waals surface area contributed by atoms with Crippen LogP contribution in [0.15, 0.2) is 36.4 Å². The highest BCUT2D eigenvalue weighted by Crippen LogP contribution is 2.19. The lowest BCUT2D eigenvalue weighted by atomic mass is 10.0. The van der Waals surface area contributed by atoms with Crippen molar-refractivity contribution in [3.8, 4) is 0 Å². The van der Waals surface area contributed by atoms with Gasteiger partial charge >= 0.3 is 0 Å². The molecule has 0 saturated carbocycles. The molecule has 0 amide bonds. The molecule has 0 radical (unpaired) electrons. The van der Waals surface area contributed by atoms with Crippen molar-refractivity contribution >= 4 is 16.7 Å². The Morgan fingerprint density at radius 1 is 1.22 bits per heavy atom. The number of para-hydroxylation sites is 1. The van der Waals surface area contributed by atoms with E-state index in [1.807, 2.05) is 18.2 Å². The Kier molecular flexibility index (Phi) is 3.15. The Labute approximate surface area is 107 Å². The Morgan fingerprint density at radius 2 is 2.11 bits per heavy atom. The average molecular weight is 242 g/mol. The Balaban J connectivity index is 1.78. The van der Waals surface area contributed by atoms with Crippen molar-refractivity contribution in [1.82, 2.24) is 4.98 Å². The van der Waals surface area contributed by atoms with E-state index in [0.29, 0.717) is 12.1 Å². The van der Waals surface area contributed by atoms with Crippen LogP contribution in [0.5, 0.6) is 0 Å². The molecular formula is C15H18N2O. The lowest BCUT2D eigenvalue weighted by Gasteiger charge is -2.28. The first kappa shape index (κ1) is 11.5. The summed E-state index contributed by atoms with van der Waals surface area (Å²) in [5.74, 6) is 0.966. The SMILES string of the molecule is CC1CC(Nc2ccc3ccccc3n2)CCO1. The van der Waals surface area contributed by atoms with Crippen molar-refractivity contribution < 1.29 is 4.74 Å². The van der Waals surface area contributed by atoms with Gasteiger partial charge in [-0.15, -0.1) is 0 Å². The highest BCUT2D eigenvalue weighted by Gasteiger charge is 2.19. The van der Waals surface area contributed by atoms with Crippen molar-refractivity contribution in [2.24, 2.45) is 0 Å². The van der Waals surface area contributed by atoms with E-state index in [-0.39, 0.29) is 0 Å². The van der Waals surface area contributed by atoms with Gasteiger partial charge < -0.3 is 10.1 Å². The molecule has 1 fully saturated rings. The fraction of sp³-hybridized carbons (Fsp3) is 0.400. The molecule has 2 atom stereocenters. The number of nitrogens with zero attached hydrogens (tertiary/aromatic N) is 1. The molecule has 1 aliphatic rings. The number of ether oxygens (including phenoxy) is 1. The molecular weight excluding hydrogens is 224 g/mol. The number of nitrogens with one attached hydrogen (secondary N) is 1. The van der Waals surface area contributed by atoms with Crippen LogP contribution in [0.3, 0.4) is 0 Å². The molecule has 2 aromatic rings. The van der Waals surface area contributed by atoms with Gasteiger partial charge in [0, 0.05) is 18.0 Å². The highest BCUT2D eigenvalue weighted by molar-refractivity contribution is 5.80. The van der Waals surface area contributed by atoms with E-state index in [0.717, 1.165) is 30.8 Å². The molecule has 1 aromatic heterocycles. The van der Waals surface area contributed by atoms with Crippen molar-refractivity contribution in [2.45, 2.75) is 31.9 Å². The van der Waals surface area contributed by atoms with Gasteiger partial charge in [-0.1, -0.05) is 18.2 Å². The summed E-state index contributed by atoms with van der Waals surface area (Å²) in [6, 6.07) is 12.8. The van der Waals surface area contributed by atoms with E-state index < -0.39 is 0 Å². The molecule has 94 valence electrons. The van der Waals surface area contributed by atoms with Gasteiger partial charge in [-0.05, 0) is 38.0 Å². The number of rotatable bonds is 2. The summed E-state index contributed by atoms with van der Waals surface area (Å²) in [5.41, 5.74) is 1.04. The number of hydrogen-bond donors (Lipinski definition) is 1. The lowest BCUT2D eigenvalue weighted by Crippen LogP contribution is -2.32. The zero-order valence-corrected chi connectivity index (χ0v) is 10.6. The second-order valence-corrected chi connectivity index (χ2v) is 4.94. The lowest BCUT2D eigenvalue weighted by molar-refractivity contribution is 0.0232. The Morgan fingerprint density at radius 3 is 3.00 bits per heavy atom. The summed E-state index contributed by atoms with van der Waals surface area (Å²) < 4.78 is 5.56. The van der Waals surface area contributed by atoms with Gasteiger partial charge in [0.25, 0.3) is 0 Å². The van der Waals surface area contributed by atoms with E-state index in [1.165, 1.54) is 5.39 Å². The van der Waals surface area contributed by atoms with E-state index in [9.17, 15) is 0 Å². The smallest absolute Gasteiger partial charge is 0.126 e. The van der Waals surface area contributed by atoms with Crippen molar-refractivity contribution in [2.75, 3.05) is 11.9 Å². The zero-order chi connectivity index (χ0) is 12.4. The zero-order valence-electron chi connectivity index (χ0n) is 10.6. The van der Waals surface area contributed by atoms with Crippen LogP contribution in [0, 0.1) is 0 Å². The summed E-state index contributed by atoms with van der Waals surface area (Å²) in [6.45, 7) is 2.97. The maximum absolute atomic E-state index is 5.56. The van der Waals surface area contributed by atoms with Crippen LogP contribution in [-0.4, -0.2) is 23.7 Å². The average Bonchev–Trinajstić information content (AvgIpc) is 2.39. The molecule has 2 heterocycles. The van der Waals surface area contributed by atoms with E-state index in [1.54, 1.807) is 0 Å². The van der Waals surface area contributed by atoms with Gasteiger partial charge in [-0.25, -0.2) is 4.98 Å². The van der Waals surface area contributed by atoms with Gasteiger partial charge in [0.2, 0.25) is 0 Å². The number of fused-ring (bicyclic) bond motifs is 1. The van der Waals surface area contributed by atoms with Crippen LogP contribution in [0.4, 0.5) is 5.82 Å². The van der Waals surface area contributed by atoms with Crippen LogP contribution in [-0.2, 0) is 4.74 Å². The molecule has 1 aromatic carbocycles. The van der Waals surface area contributed by atoms with Crippen LogP contribution in [0.2, 0.25) is 0 Å². The van der Waals surface area contributed by atoms with Crippen molar-refractivity contribution in [1.29, 1.82) is 0 Å². The summed E-state index contributed by atoms with van der Waals surface area (Å²) in [6.07, 6.45) is 2.45. The van der Waals surface area contributed by atoms with Crippen molar-refractivity contribution in [3.63, 3.8) is 0 Å². The third-order valence-corrected chi connectivity index (χ3v) is 3.44. The molecule has 3 nitrogen and oxygen atoms in total. The number of hydrogen-bond acceptors (Lipinski definition) is 3. The normalized spacial score (nSPS) is 24.1. The quantitative estimate of drug-likeness (QED) is 0.878. The topological polar surface area (TPSA) is 34.2 Å². The summed E-state index contributed by atoms with van der Waals surface area (Å²) in [4.78, 5) is 4.64. The van der Waals surface area contributed by atoms with Gasteiger partial charge in [-0.3, -0.25) is 0 Å². The second-order valence-electron chi connectivity index (χ2n) is 4.94. The predicted molar refractivity (Wildman–Crippen MR) is 73.8 cm³/mol. The van der Waals surface area contributed by atoms with Crippen molar-refractivity contribution in [3.05, 3.63) is 36.4 Å². The fourth-order valence-electron chi connectivity index (χ4n) is 2.48. The van der Waals surface area contributed by atoms with Crippen LogP contribution >= 0.6 is 0 Å². The highest BCUT2D eigenvalue weighted by atomic mass is 16.5. The largest absolute Gasteiger partial charge is 0.378 e. The molecule has 18 heavy (non-hydrogen) atoms. The number of anilines is 1. The predicted octanol–water partition coefficient (Wildman–Crippen LogP) is 3.21. The molecule has 1 saturated heterocycles. The van der Waals surface area contributed by atoms with E-state index in [2.05, 4.69) is 35.4 Å². The molecule has 3 rings (SSSR count). The molecule has 2 unspecified atom stereocenters. The van der Waals surface area contributed by atoms with Crippen LogP contribution < -0.4 is 5.32 Å². The Hall–Kier alpha value is -1.61. The maximum atomic E-state index is 5.56. The van der Waals surface area contributed by atoms with E-state index in [4.69, 9.17) is 4.74 Å². The van der Waals surface area contributed by atoms with Gasteiger partial charge in [0.05, 0.1) is 11.6 Å². The first-order valence-electron chi connectivity index (χ1n) is 6.55. The first-order valence-corrected chi connectivity index (χ1v) is 6.55. The summed E-state index contributed by atoms with van der Waals surface area (Å²) in [7, 11) is 0. The third-order valence-electron chi connectivity index (χ3n) is 3.44. The van der Waals surface area contributed by atoms with Crippen LogP contribution in [0.25, 0.3) is 10.9 Å². The maximum Gasteiger partial charge on any atom is 0.126 e. The second kappa shape index (κ2) is 4.94. The minimum absolute atomic E-state index is 0.344. The monoisotopic (exact) mass is 242 g/mol. The third kappa shape index (κ3) is 2.46. The molecule has 0 spiro atoms. The standard InChI is InChI=1S/C15H18N2O/c1-11-10-13(8-9-18-11)16-15-7-6-12-4-2-3-5-14(12)17-15/h2-7,11,13H,8-10H2,1H3,(H,16,17). The van der Waals surface area contributed by atoms with Gasteiger partial charge in [0.15, 0.2) is 0 Å². The Bertz CT molecular complexity index is 541. The fourth-order valence-corrected chi connectivity index (χ4v) is 2.48. The molecule has 1 N–H and O–H groups in total. The number of benzene rings is 1. The summed E-state index contributed by atoms with van der Waals surface area (Å²) in [5, 5.41) is 4.70. The van der Waals surface area contributed by atoms with E-state index >= 15 is 0 Å². The molecule has 0 aliphatic carbocycles. The number of pyridine rings is 1. The van der Waals surface area contributed by atoms with Crippen LogP contribution in [0.1, 0.15) is 19.8 Å². The summed E-state index contributed by atoms with van der Waals surface area (Å²) >= 11 is 0. The molecule has 1 aliphatic heterocycles. The number of aromatic nitrogens is 1. The first-order chi connectivity index (χ1) is 8.81. The minimum atomic E-state index is 0.344.